The molecule has 4 rings (SSSR count). The molecular weight excluding hydrogens is 378 g/mol. The molecule has 1 aromatic heterocycles. The number of carbonyl (C=O) groups is 1. The van der Waals surface area contributed by atoms with Crippen LogP contribution in [0.1, 0.15) is 19.4 Å². The minimum atomic E-state index is -0.291. The van der Waals surface area contributed by atoms with Gasteiger partial charge >= 0.3 is 0 Å². The third-order valence-corrected chi connectivity index (χ3v) is 5.29. The monoisotopic (exact) mass is 399 g/mol. The molecular formula is C20H21N3O4S. The van der Waals surface area contributed by atoms with E-state index in [9.17, 15) is 4.79 Å². The van der Waals surface area contributed by atoms with Crippen LogP contribution in [0.5, 0.6) is 17.2 Å². The molecule has 7 nitrogen and oxygen atoms in total. The number of benzene rings is 2. The van der Waals surface area contributed by atoms with Gasteiger partial charge in [0.15, 0.2) is 16.7 Å². The van der Waals surface area contributed by atoms with Crippen LogP contribution >= 0.6 is 11.8 Å². The molecule has 1 aliphatic rings. The Labute approximate surface area is 166 Å². The molecule has 0 bridgehead atoms. The minimum absolute atomic E-state index is 0.0573. The molecule has 8 heteroatoms. The predicted octanol–water partition coefficient (Wildman–Crippen LogP) is 3.49. The fraction of sp³-hybridized carbons (Fsp3) is 0.300. The van der Waals surface area contributed by atoms with E-state index in [-0.39, 0.29) is 18.0 Å². The van der Waals surface area contributed by atoms with E-state index in [1.54, 1.807) is 0 Å². The molecule has 1 atom stereocenters. The summed E-state index contributed by atoms with van der Waals surface area (Å²) < 4.78 is 16.2. The van der Waals surface area contributed by atoms with Crippen molar-refractivity contribution in [1.29, 1.82) is 0 Å². The third-order valence-electron chi connectivity index (χ3n) is 4.30. The van der Waals surface area contributed by atoms with Crippen LogP contribution in [0.4, 0.5) is 0 Å². The van der Waals surface area contributed by atoms with Crippen LogP contribution in [0.15, 0.2) is 41.6 Å². The Hall–Kier alpha value is -2.87. The molecule has 28 heavy (non-hydrogen) atoms. The van der Waals surface area contributed by atoms with Crippen LogP contribution in [0.2, 0.25) is 0 Å². The zero-order chi connectivity index (χ0) is 19.5. The first-order valence-electron chi connectivity index (χ1n) is 9.08. The average Bonchev–Trinajstić information content (AvgIpc) is 3.31. The molecule has 1 amide bonds. The number of aromatic nitrogens is 2. The van der Waals surface area contributed by atoms with Gasteiger partial charge in [-0.3, -0.25) is 4.79 Å². The summed E-state index contributed by atoms with van der Waals surface area (Å²) in [5, 5.41) is 3.36. The van der Waals surface area contributed by atoms with Gasteiger partial charge in [0, 0.05) is 12.6 Å². The van der Waals surface area contributed by atoms with Gasteiger partial charge in [-0.25, -0.2) is 4.98 Å². The summed E-state index contributed by atoms with van der Waals surface area (Å²) in [6.45, 7) is 5.09. The second kappa shape index (κ2) is 8.02. The third kappa shape index (κ3) is 4.01. The zero-order valence-corrected chi connectivity index (χ0v) is 16.5. The van der Waals surface area contributed by atoms with Crippen molar-refractivity contribution >= 4 is 28.7 Å². The molecule has 2 N–H and O–H groups in total. The highest BCUT2D eigenvalue weighted by molar-refractivity contribution is 8.00. The number of fused-ring (bicyclic) bond motifs is 2. The molecule has 2 heterocycles. The second-order valence-electron chi connectivity index (χ2n) is 6.32. The van der Waals surface area contributed by atoms with Crippen molar-refractivity contribution in [3.63, 3.8) is 0 Å². The van der Waals surface area contributed by atoms with Crippen LogP contribution < -0.4 is 19.5 Å². The van der Waals surface area contributed by atoms with Gasteiger partial charge < -0.3 is 24.5 Å². The number of hydrogen-bond acceptors (Lipinski definition) is 6. The van der Waals surface area contributed by atoms with Crippen molar-refractivity contribution in [2.24, 2.45) is 0 Å². The molecule has 0 spiro atoms. The van der Waals surface area contributed by atoms with Gasteiger partial charge in [-0.1, -0.05) is 17.8 Å². The first-order chi connectivity index (χ1) is 13.6. The van der Waals surface area contributed by atoms with Gasteiger partial charge in [-0.05, 0) is 43.7 Å². The maximum absolute atomic E-state index is 12.5. The van der Waals surface area contributed by atoms with Crippen LogP contribution in [-0.2, 0) is 11.3 Å². The number of hydrogen-bond donors (Lipinski definition) is 2. The van der Waals surface area contributed by atoms with Gasteiger partial charge in [-0.2, -0.15) is 0 Å². The molecule has 146 valence electrons. The summed E-state index contributed by atoms with van der Waals surface area (Å²) in [5.41, 5.74) is 2.70. The number of amides is 1. The fourth-order valence-electron chi connectivity index (χ4n) is 2.88. The molecule has 0 aliphatic carbocycles. The first-order valence-corrected chi connectivity index (χ1v) is 9.96. The van der Waals surface area contributed by atoms with E-state index in [2.05, 4.69) is 15.3 Å². The summed E-state index contributed by atoms with van der Waals surface area (Å²) >= 11 is 1.39. The summed E-state index contributed by atoms with van der Waals surface area (Å²) in [6, 6.07) is 11.4. The van der Waals surface area contributed by atoms with Crippen LogP contribution in [0, 0.1) is 0 Å². The van der Waals surface area contributed by atoms with E-state index in [0.29, 0.717) is 24.1 Å². The molecule has 1 unspecified atom stereocenters. The molecule has 1 aliphatic heterocycles. The van der Waals surface area contributed by atoms with Gasteiger partial charge in [0.2, 0.25) is 12.7 Å². The number of imidazole rings is 1. The Morgan fingerprint density at radius 3 is 3.00 bits per heavy atom. The lowest BCUT2D eigenvalue weighted by Crippen LogP contribution is -2.30. The van der Waals surface area contributed by atoms with Gasteiger partial charge in [-0.15, -0.1) is 0 Å². The van der Waals surface area contributed by atoms with E-state index < -0.39 is 0 Å². The highest BCUT2D eigenvalue weighted by Crippen LogP contribution is 2.32. The summed E-state index contributed by atoms with van der Waals surface area (Å²) in [6.07, 6.45) is 0. The maximum atomic E-state index is 12.5. The Bertz CT molecular complexity index is 1000. The van der Waals surface area contributed by atoms with Gasteiger partial charge in [0.05, 0.1) is 22.9 Å². The van der Waals surface area contributed by atoms with E-state index >= 15 is 0 Å². The molecule has 3 aromatic rings. The lowest BCUT2D eigenvalue weighted by atomic mass is 10.2. The smallest absolute Gasteiger partial charge is 0.233 e. The number of thioether (sulfide) groups is 1. The minimum Gasteiger partial charge on any atom is -0.494 e. The van der Waals surface area contributed by atoms with Crippen LogP contribution in [0.3, 0.4) is 0 Å². The van der Waals surface area contributed by atoms with E-state index in [0.717, 1.165) is 28.1 Å². The fourth-order valence-corrected chi connectivity index (χ4v) is 3.73. The topological polar surface area (TPSA) is 85.5 Å². The zero-order valence-electron chi connectivity index (χ0n) is 15.7. The SMILES string of the molecule is CCOc1ccc2nc(SC(C)C(=O)NCc3ccc4c(c3)OCO4)[nH]c2c1. The Morgan fingerprint density at radius 2 is 2.14 bits per heavy atom. The Balaban J connectivity index is 1.35. The summed E-state index contributed by atoms with van der Waals surface area (Å²) in [7, 11) is 0. The average molecular weight is 399 g/mol. The van der Waals surface area contributed by atoms with E-state index in [1.807, 2.05) is 50.2 Å². The molecule has 2 aromatic carbocycles. The van der Waals surface area contributed by atoms with E-state index in [1.165, 1.54) is 11.8 Å². The molecule has 0 fully saturated rings. The number of ether oxygens (including phenoxy) is 3. The van der Waals surface area contributed by atoms with Crippen molar-refractivity contribution in [3.05, 3.63) is 42.0 Å². The molecule has 0 radical (unpaired) electrons. The number of aromatic amines is 1. The summed E-state index contributed by atoms with van der Waals surface area (Å²) in [5.74, 6) is 2.18. The standard InChI is InChI=1S/C20H21N3O4S/c1-3-25-14-5-6-15-16(9-14)23-20(22-15)28-12(2)19(24)21-10-13-4-7-17-18(8-13)27-11-26-17/h4-9,12H,3,10-11H2,1-2H3,(H,21,24)(H,22,23). The Morgan fingerprint density at radius 1 is 1.29 bits per heavy atom. The lowest BCUT2D eigenvalue weighted by Gasteiger charge is -2.11. The highest BCUT2D eigenvalue weighted by Gasteiger charge is 2.18. The van der Waals surface area contributed by atoms with Crippen molar-refractivity contribution in [2.75, 3.05) is 13.4 Å². The van der Waals surface area contributed by atoms with Crippen molar-refractivity contribution in [3.8, 4) is 17.2 Å². The van der Waals surface area contributed by atoms with E-state index in [4.69, 9.17) is 14.2 Å². The van der Waals surface area contributed by atoms with Crippen molar-refractivity contribution in [2.45, 2.75) is 30.8 Å². The van der Waals surface area contributed by atoms with Crippen molar-refractivity contribution in [1.82, 2.24) is 15.3 Å². The first kappa shape index (κ1) is 18.5. The highest BCUT2D eigenvalue weighted by atomic mass is 32.2. The predicted molar refractivity (Wildman–Crippen MR) is 107 cm³/mol. The maximum Gasteiger partial charge on any atom is 0.233 e. The Kier molecular flexibility index (Phi) is 5.29. The normalized spacial score (nSPS) is 13.5. The number of carbonyl (C=O) groups excluding carboxylic acids is 1. The number of H-pyrrole nitrogens is 1. The largest absolute Gasteiger partial charge is 0.494 e. The van der Waals surface area contributed by atoms with Crippen LogP contribution in [-0.4, -0.2) is 34.5 Å². The van der Waals surface area contributed by atoms with Crippen molar-refractivity contribution < 1.29 is 19.0 Å². The summed E-state index contributed by atoms with van der Waals surface area (Å²) in [4.78, 5) is 20.2. The number of nitrogens with one attached hydrogen (secondary N) is 2. The lowest BCUT2D eigenvalue weighted by molar-refractivity contribution is -0.120. The quantitative estimate of drug-likeness (QED) is 0.592. The number of rotatable bonds is 7. The van der Waals surface area contributed by atoms with Gasteiger partial charge in [0.1, 0.15) is 5.75 Å². The number of nitrogens with zero attached hydrogens (tertiary/aromatic N) is 1. The van der Waals surface area contributed by atoms with Gasteiger partial charge in [0.25, 0.3) is 0 Å². The van der Waals surface area contributed by atoms with Crippen LogP contribution in [0.25, 0.3) is 11.0 Å². The molecule has 0 saturated carbocycles. The second-order valence-corrected chi connectivity index (χ2v) is 7.65. The molecule has 0 saturated heterocycles.